The molecule has 0 aromatic carbocycles. The molecule has 0 radical (unpaired) electrons. The van der Waals surface area contributed by atoms with Gasteiger partial charge in [0.05, 0.1) is 5.39 Å². The van der Waals surface area contributed by atoms with Crippen molar-refractivity contribution in [2.24, 2.45) is 0 Å². The third kappa shape index (κ3) is 2.09. The van der Waals surface area contributed by atoms with Crippen LogP contribution in [0.25, 0.3) is 21.9 Å². The van der Waals surface area contributed by atoms with Crippen LogP contribution in [0.2, 0.25) is 0 Å². The molecule has 1 aliphatic rings. The quantitative estimate of drug-likeness (QED) is 0.729. The monoisotopic (exact) mass is 309 g/mol. The van der Waals surface area contributed by atoms with Crippen LogP contribution in [0, 0.1) is 0 Å². The fraction of sp³-hybridized carbons (Fsp3) is 0.235. The van der Waals surface area contributed by atoms with E-state index in [2.05, 4.69) is 18.0 Å². The third-order valence-corrected chi connectivity index (χ3v) is 5.14. The van der Waals surface area contributed by atoms with Crippen molar-refractivity contribution >= 4 is 33.2 Å². The Morgan fingerprint density at radius 1 is 1.45 bits per heavy atom. The molecule has 3 aromatic rings. The highest BCUT2D eigenvalue weighted by molar-refractivity contribution is 7.18. The van der Waals surface area contributed by atoms with Crippen LogP contribution in [0.4, 0.5) is 0 Å². The van der Waals surface area contributed by atoms with Gasteiger partial charge in [-0.3, -0.25) is 14.3 Å². The first kappa shape index (κ1) is 13.4. The summed E-state index contributed by atoms with van der Waals surface area (Å²) in [6, 6.07) is 5.92. The minimum Gasteiger partial charge on any atom is -0.292 e. The van der Waals surface area contributed by atoms with Crippen LogP contribution >= 0.6 is 11.3 Å². The van der Waals surface area contributed by atoms with E-state index in [0.717, 1.165) is 40.0 Å². The lowest BCUT2D eigenvalue weighted by Gasteiger charge is -2.02. The predicted molar refractivity (Wildman–Crippen MR) is 90.0 cm³/mol. The molecule has 0 aliphatic carbocycles. The van der Waals surface area contributed by atoms with Gasteiger partial charge in [-0.25, -0.2) is 4.98 Å². The van der Waals surface area contributed by atoms with E-state index < -0.39 is 0 Å². The first-order chi connectivity index (χ1) is 10.8. The van der Waals surface area contributed by atoms with Gasteiger partial charge in [0.25, 0.3) is 5.56 Å². The zero-order valence-corrected chi connectivity index (χ0v) is 13.1. The number of thiophene rings is 1. The molecule has 4 nitrogen and oxygen atoms in total. The Hall–Kier alpha value is -2.27. The lowest BCUT2D eigenvalue weighted by atomic mass is 10.1. The summed E-state index contributed by atoms with van der Waals surface area (Å²) in [5, 5.41) is 0.758. The van der Waals surface area contributed by atoms with Crippen molar-refractivity contribution in [1.29, 1.82) is 0 Å². The van der Waals surface area contributed by atoms with Crippen LogP contribution in [0.3, 0.4) is 0 Å². The van der Waals surface area contributed by atoms with Gasteiger partial charge in [-0.2, -0.15) is 0 Å². The second-order valence-corrected chi connectivity index (χ2v) is 6.50. The Morgan fingerprint density at radius 2 is 2.36 bits per heavy atom. The number of rotatable bonds is 2. The first-order valence-corrected chi connectivity index (χ1v) is 8.22. The van der Waals surface area contributed by atoms with E-state index in [9.17, 15) is 4.79 Å². The summed E-state index contributed by atoms with van der Waals surface area (Å²) in [7, 11) is 0. The number of hydrogen-bond donors (Lipinski definition) is 0. The Bertz CT molecular complexity index is 938. The first-order valence-electron chi connectivity index (χ1n) is 7.40. The van der Waals surface area contributed by atoms with E-state index in [4.69, 9.17) is 4.98 Å². The average molecular weight is 309 g/mol. The number of hydrogen-bond acceptors (Lipinski definition) is 4. The summed E-state index contributed by atoms with van der Waals surface area (Å²) in [6.07, 6.45) is 7.45. The molecule has 5 heteroatoms. The highest BCUT2D eigenvalue weighted by Gasteiger charge is 2.21. The maximum Gasteiger partial charge on any atom is 0.262 e. The van der Waals surface area contributed by atoms with Gasteiger partial charge in [0, 0.05) is 23.8 Å². The molecule has 0 amide bonds. The highest BCUT2D eigenvalue weighted by Crippen LogP contribution is 2.29. The second kappa shape index (κ2) is 5.18. The highest BCUT2D eigenvalue weighted by atomic mass is 32.1. The number of pyridine rings is 1. The SMILES string of the molecule is CCc1cc2c(=O)n3c(nc2s1)C(=Cc1cccnc1)CC3. The molecule has 0 saturated carbocycles. The number of fused-ring (bicyclic) bond motifs is 2. The van der Waals surface area contributed by atoms with E-state index in [1.165, 1.54) is 4.88 Å². The molecule has 0 spiro atoms. The summed E-state index contributed by atoms with van der Waals surface area (Å²) < 4.78 is 1.80. The standard InChI is InChI=1S/C17H15N3OS/c1-2-13-9-14-16(22-13)19-15-12(5-7-20(15)17(14)21)8-11-4-3-6-18-10-11/h3-4,6,8-10H,2,5,7H2,1H3. The maximum absolute atomic E-state index is 12.6. The molecular formula is C17H15N3OS. The molecule has 3 aromatic heterocycles. The summed E-state index contributed by atoms with van der Waals surface area (Å²) in [4.78, 5) is 23.6. The van der Waals surface area contributed by atoms with Crippen molar-refractivity contribution in [2.75, 3.05) is 0 Å². The van der Waals surface area contributed by atoms with Gasteiger partial charge in [-0.1, -0.05) is 13.0 Å². The average Bonchev–Trinajstić information content (AvgIpc) is 3.14. The van der Waals surface area contributed by atoms with E-state index in [0.29, 0.717) is 6.54 Å². The lowest BCUT2D eigenvalue weighted by Crippen LogP contribution is -2.19. The van der Waals surface area contributed by atoms with Crippen LogP contribution in [0.15, 0.2) is 35.4 Å². The molecule has 0 saturated heterocycles. The number of aryl methyl sites for hydroxylation is 1. The molecule has 0 N–H and O–H groups in total. The van der Waals surface area contributed by atoms with E-state index in [-0.39, 0.29) is 5.56 Å². The number of nitrogens with zero attached hydrogens (tertiary/aromatic N) is 3. The lowest BCUT2D eigenvalue weighted by molar-refractivity contribution is 0.726. The number of allylic oxidation sites excluding steroid dienone is 1. The Labute approximate surface area is 131 Å². The Morgan fingerprint density at radius 3 is 3.14 bits per heavy atom. The van der Waals surface area contributed by atoms with Gasteiger partial charge >= 0.3 is 0 Å². The molecule has 0 unspecified atom stereocenters. The van der Waals surface area contributed by atoms with Crippen molar-refractivity contribution in [3.8, 4) is 0 Å². The molecular weight excluding hydrogens is 294 g/mol. The largest absolute Gasteiger partial charge is 0.292 e. The molecule has 0 fully saturated rings. The minimum atomic E-state index is 0.0885. The van der Waals surface area contributed by atoms with Crippen LogP contribution in [0.1, 0.15) is 29.6 Å². The van der Waals surface area contributed by atoms with Crippen molar-refractivity contribution in [2.45, 2.75) is 26.3 Å². The predicted octanol–water partition coefficient (Wildman–Crippen LogP) is 3.36. The van der Waals surface area contributed by atoms with Crippen LogP contribution in [-0.2, 0) is 13.0 Å². The maximum atomic E-state index is 12.6. The van der Waals surface area contributed by atoms with Crippen LogP contribution < -0.4 is 5.56 Å². The fourth-order valence-corrected chi connectivity index (χ4v) is 3.79. The van der Waals surface area contributed by atoms with E-state index in [1.807, 2.05) is 24.4 Å². The molecule has 1 aliphatic heterocycles. The molecule has 4 rings (SSSR count). The van der Waals surface area contributed by atoms with Gasteiger partial charge in [0.1, 0.15) is 10.7 Å². The number of aromatic nitrogens is 3. The normalized spacial score (nSPS) is 15.6. The van der Waals surface area contributed by atoms with Crippen molar-refractivity contribution in [1.82, 2.24) is 14.5 Å². The molecule has 0 atom stereocenters. The van der Waals surface area contributed by atoms with E-state index >= 15 is 0 Å². The van der Waals surface area contributed by atoms with Gasteiger partial charge in [-0.15, -0.1) is 11.3 Å². The van der Waals surface area contributed by atoms with Crippen LogP contribution in [0.5, 0.6) is 0 Å². The fourth-order valence-electron chi connectivity index (χ4n) is 2.84. The summed E-state index contributed by atoms with van der Waals surface area (Å²) in [5.74, 6) is 0.811. The summed E-state index contributed by atoms with van der Waals surface area (Å²) in [6.45, 7) is 2.81. The topological polar surface area (TPSA) is 47.8 Å². The smallest absolute Gasteiger partial charge is 0.262 e. The minimum absolute atomic E-state index is 0.0885. The van der Waals surface area contributed by atoms with Gasteiger partial charge in [0.2, 0.25) is 0 Å². The van der Waals surface area contributed by atoms with Gasteiger partial charge in [0.15, 0.2) is 0 Å². The Kier molecular flexibility index (Phi) is 3.15. The summed E-state index contributed by atoms with van der Waals surface area (Å²) in [5.41, 5.74) is 2.24. The van der Waals surface area contributed by atoms with Crippen LogP contribution in [-0.4, -0.2) is 14.5 Å². The van der Waals surface area contributed by atoms with Crippen molar-refractivity contribution in [3.05, 3.63) is 57.2 Å². The molecule has 22 heavy (non-hydrogen) atoms. The molecule has 110 valence electrons. The Balaban J connectivity index is 1.90. The zero-order valence-electron chi connectivity index (χ0n) is 12.2. The molecule has 0 bridgehead atoms. The molecule has 4 heterocycles. The van der Waals surface area contributed by atoms with Crippen molar-refractivity contribution < 1.29 is 0 Å². The van der Waals surface area contributed by atoms with Crippen molar-refractivity contribution in [3.63, 3.8) is 0 Å². The second-order valence-electron chi connectivity index (χ2n) is 5.38. The summed E-state index contributed by atoms with van der Waals surface area (Å²) >= 11 is 1.62. The third-order valence-electron chi connectivity index (χ3n) is 3.97. The van der Waals surface area contributed by atoms with Gasteiger partial charge in [-0.05, 0) is 42.2 Å². The van der Waals surface area contributed by atoms with Gasteiger partial charge < -0.3 is 0 Å². The van der Waals surface area contributed by atoms with E-state index in [1.54, 1.807) is 22.1 Å². The zero-order chi connectivity index (χ0) is 15.1.